The molecule has 1 aromatic rings. The van der Waals surface area contributed by atoms with Crippen molar-refractivity contribution in [1.29, 1.82) is 0 Å². The van der Waals surface area contributed by atoms with Gasteiger partial charge in [0, 0.05) is 10.3 Å². The van der Waals surface area contributed by atoms with E-state index in [-0.39, 0.29) is 5.41 Å². The number of carbonyl (C=O) groups is 1. The molecule has 4 saturated carbocycles. The molecule has 4 fully saturated rings. The Hall–Kier alpha value is -0.890. The van der Waals surface area contributed by atoms with Crippen LogP contribution in [0.15, 0.2) is 23.1 Å². The van der Waals surface area contributed by atoms with Gasteiger partial charge in [0.15, 0.2) is 5.78 Å². The van der Waals surface area contributed by atoms with Gasteiger partial charge in [-0.3, -0.25) is 4.79 Å². The number of thiophene rings is 1. The predicted octanol–water partition coefficient (Wildman–Crippen LogP) is 6.74. The van der Waals surface area contributed by atoms with Crippen molar-refractivity contribution in [3.63, 3.8) is 0 Å². The molecule has 0 aromatic carbocycles. The van der Waals surface area contributed by atoms with E-state index >= 15 is 0 Å². The maximum Gasteiger partial charge on any atom is 0.165 e. The van der Waals surface area contributed by atoms with Gasteiger partial charge in [-0.15, -0.1) is 11.3 Å². The third kappa shape index (κ3) is 2.37. The van der Waals surface area contributed by atoms with Crippen molar-refractivity contribution in [2.75, 3.05) is 0 Å². The molecule has 0 saturated heterocycles. The Morgan fingerprint density at radius 2 is 1.96 bits per heavy atom. The summed E-state index contributed by atoms with van der Waals surface area (Å²) < 4.78 is 0. The third-order valence-electron chi connectivity index (χ3n) is 9.08. The molecule has 6 unspecified atom stereocenters. The molecule has 0 spiro atoms. The molecule has 6 atom stereocenters. The van der Waals surface area contributed by atoms with Gasteiger partial charge in [-0.25, -0.2) is 0 Å². The SMILES string of the molecule is CC12CCC3C(CCC4CCCCC43C)C1CC(=Cc1cccs1)C2=O. The van der Waals surface area contributed by atoms with E-state index in [4.69, 9.17) is 0 Å². The van der Waals surface area contributed by atoms with Crippen molar-refractivity contribution in [1.82, 2.24) is 0 Å². The predicted molar refractivity (Wildman–Crippen MR) is 109 cm³/mol. The Bertz CT molecular complexity index is 731. The summed E-state index contributed by atoms with van der Waals surface area (Å²) in [6.45, 7) is 4.93. The molecule has 0 N–H and O–H groups in total. The molecular weight excluding hydrogens is 336 g/mol. The Balaban J connectivity index is 1.47. The number of Topliss-reactive ketones (excluding diaryl/α,β-unsaturated/α-hetero) is 1. The lowest BCUT2D eigenvalue weighted by molar-refractivity contribution is -0.137. The van der Waals surface area contributed by atoms with E-state index < -0.39 is 0 Å². The molecule has 140 valence electrons. The summed E-state index contributed by atoms with van der Waals surface area (Å²) in [7, 11) is 0. The van der Waals surface area contributed by atoms with E-state index in [1.54, 1.807) is 11.3 Å². The molecule has 5 rings (SSSR count). The van der Waals surface area contributed by atoms with E-state index in [2.05, 4.69) is 37.4 Å². The summed E-state index contributed by atoms with van der Waals surface area (Å²) in [6.07, 6.45) is 14.2. The molecule has 0 amide bonds. The average molecular weight is 369 g/mol. The van der Waals surface area contributed by atoms with Crippen molar-refractivity contribution in [2.45, 2.75) is 71.6 Å². The summed E-state index contributed by atoms with van der Waals surface area (Å²) in [5, 5.41) is 2.11. The van der Waals surface area contributed by atoms with Gasteiger partial charge in [0.25, 0.3) is 0 Å². The number of allylic oxidation sites excluding steroid dienone is 1. The molecule has 1 nitrogen and oxygen atoms in total. The van der Waals surface area contributed by atoms with Gasteiger partial charge >= 0.3 is 0 Å². The van der Waals surface area contributed by atoms with Crippen LogP contribution in [0.4, 0.5) is 0 Å². The lowest BCUT2D eigenvalue weighted by Gasteiger charge is -2.59. The number of carbonyl (C=O) groups excluding carboxylic acids is 1. The van der Waals surface area contributed by atoms with E-state index in [0.717, 1.165) is 36.2 Å². The first-order chi connectivity index (χ1) is 12.5. The van der Waals surface area contributed by atoms with Gasteiger partial charge in [-0.2, -0.15) is 0 Å². The number of ketones is 1. The van der Waals surface area contributed by atoms with Crippen LogP contribution < -0.4 is 0 Å². The molecule has 2 heteroatoms. The van der Waals surface area contributed by atoms with Gasteiger partial charge < -0.3 is 0 Å². The zero-order valence-electron chi connectivity index (χ0n) is 16.3. The van der Waals surface area contributed by atoms with Crippen LogP contribution in [0, 0.1) is 34.5 Å². The highest BCUT2D eigenvalue weighted by atomic mass is 32.1. The molecular formula is C24H32OS. The summed E-state index contributed by atoms with van der Waals surface area (Å²) in [6, 6.07) is 4.23. The van der Waals surface area contributed by atoms with Crippen LogP contribution in [0.1, 0.15) is 76.5 Å². The highest BCUT2D eigenvalue weighted by molar-refractivity contribution is 7.10. The molecule has 4 aliphatic rings. The minimum Gasteiger partial charge on any atom is -0.294 e. The normalized spacial score (nSPS) is 46.7. The summed E-state index contributed by atoms with van der Waals surface area (Å²) in [5.74, 6) is 3.69. The second kappa shape index (κ2) is 6.06. The van der Waals surface area contributed by atoms with Crippen LogP contribution in [0.25, 0.3) is 6.08 Å². The van der Waals surface area contributed by atoms with Gasteiger partial charge in [0.2, 0.25) is 0 Å². The third-order valence-corrected chi connectivity index (χ3v) is 9.90. The van der Waals surface area contributed by atoms with Crippen LogP contribution in [-0.2, 0) is 4.79 Å². The Labute approximate surface area is 162 Å². The van der Waals surface area contributed by atoms with Crippen LogP contribution >= 0.6 is 11.3 Å². The second-order valence-electron chi connectivity index (χ2n) is 10.1. The van der Waals surface area contributed by atoms with Crippen molar-refractivity contribution >= 4 is 23.2 Å². The van der Waals surface area contributed by atoms with Gasteiger partial charge in [-0.05, 0) is 97.1 Å². The highest BCUT2D eigenvalue weighted by Crippen LogP contribution is 2.66. The maximum absolute atomic E-state index is 13.4. The molecule has 0 radical (unpaired) electrons. The lowest BCUT2D eigenvalue weighted by Crippen LogP contribution is -2.52. The first-order valence-electron chi connectivity index (χ1n) is 10.8. The molecule has 1 heterocycles. The van der Waals surface area contributed by atoms with E-state index in [1.165, 1.54) is 49.8 Å². The van der Waals surface area contributed by atoms with Crippen molar-refractivity contribution in [2.24, 2.45) is 34.5 Å². The van der Waals surface area contributed by atoms with Crippen LogP contribution in [0.3, 0.4) is 0 Å². The lowest BCUT2D eigenvalue weighted by atomic mass is 9.45. The van der Waals surface area contributed by atoms with Crippen LogP contribution in [0.5, 0.6) is 0 Å². The van der Waals surface area contributed by atoms with Gasteiger partial charge in [0.1, 0.15) is 0 Å². The molecule has 26 heavy (non-hydrogen) atoms. The summed E-state index contributed by atoms with van der Waals surface area (Å²) in [4.78, 5) is 14.6. The van der Waals surface area contributed by atoms with Crippen molar-refractivity contribution in [3.8, 4) is 0 Å². The largest absolute Gasteiger partial charge is 0.294 e. The average Bonchev–Trinajstić information content (AvgIpc) is 3.23. The monoisotopic (exact) mass is 368 g/mol. The standard InChI is InChI=1S/C24H32OS/c1-23-11-4-3-6-17(23)8-9-19-20(23)10-12-24(2)21(19)15-16(22(24)25)14-18-7-5-13-26-18/h5,7,13-14,17,19-21H,3-4,6,8-12,15H2,1-2H3. The topological polar surface area (TPSA) is 17.1 Å². The molecule has 0 aliphatic heterocycles. The fraction of sp³-hybridized carbons (Fsp3) is 0.708. The Kier molecular flexibility index (Phi) is 4.01. The number of hydrogen-bond acceptors (Lipinski definition) is 2. The van der Waals surface area contributed by atoms with Gasteiger partial charge in [-0.1, -0.05) is 32.8 Å². The number of rotatable bonds is 1. The Morgan fingerprint density at radius 1 is 1.08 bits per heavy atom. The maximum atomic E-state index is 13.4. The van der Waals surface area contributed by atoms with Crippen LogP contribution in [-0.4, -0.2) is 5.78 Å². The van der Waals surface area contributed by atoms with Crippen molar-refractivity contribution in [3.05, 3.63) is 28.0 Å². The fourth-order valence-corrected chi connectivity index (χ4v) is 8.32. The first-order valence-corrected chi connectivity index (χ1v) is 11.7. The van der Waals surface area contributed by atoms with E-state index in [1.807, 2.05) is 0 Å². The van der Waals surface area contributed by atoms with Gasteiger partial charge in [0.05, 0.1) is 0 Å². The molecule has 0 bridgehead atoms. The molecule has 1 aromatic heterocycles. The van der Waals surface area contributed by atoms with E-state index in [9.17, 15) is 4.79 Å². The highest BCUT2D eigenvalue weighted by Gasteiger charge is 2.60. The number of hydrogen-bond donors (Lipinski definition) is 0. The number of fused-ring (bicyclic) bond motifs is 5. The quantitative estimate of drug-likeness (QED) is 0.501. The fourth-order valence-electron chi connectivity index (χ4n) is 7.64. The minimum atomic E-state index is -0.0812. The zero-order chi connectivity index (χ0) is 17.9. The minimum absolute atomic E-state index is 0.0812. The van der Waals surface area contributed by atoms with Crippen molar-refractivity contribution < 1.29 is 4.79 Å². The zero-order valence-corrected chi connectivity index (χ0v) is 17.1. The molecule has 4 aliphatic carbocycles. The summed E-state index contributed by atoms with van der Waals surface area (Å²) >= 11 is 1.75. The van der Waals surface area contributed by atoms with E-state index in [0.29, 0.717) is 17.1 Å². The smallest absolute Gasteiger partial charge is 0.165 e. The first kappa shape index (κ1) is 17.2. The Morgan fingerprint density at radius 3 is 2.77 bits per heavy atom. The van der Waals surface area contributed by atoms with Crippen LogP contribution in [0.2, 0.25) is 0 Å². The summed E-state index contributed by atoms with van der Waals surface area (Å²) in [5.41, 5.74) is 1.60. The second-order valence-corrected chi connectivity index (χ2v) is 11.1.